The van der Waals surface area contributed by atoms with Crippen LogP contribution in [0.4, 0.5) is 0 Å². The van der Waals surface area contributed by atoms with Gasteiger partial charge in [-0.3, -0.25) is 4.79 Å². The number of nitrogens with zero attached hydrogens (tertiary/aromatic N) is 1. The molecule has 0 atom stereocenters. The summed E-state index contributed by atoms with van der Waals surface area (Å²) in [7, 11) is 1.58. The van der Waals surface area contributed by atoms with Crippen LogP contribution in [0.1, 0.15) is 18.1 Å². The molecule has 1 N–H and O–H groups in total. The number of rotatable bonds is 6. The number of fused-ring (bicyclic) bond motifs is 1. The highest BCUT2D eigenvalue weighted by molar-refractivity contribution is 6.30. The summed E-state index contributed by atoms with van der Waals surface area (Å²) < 4.78 is 10.6. The number of hydrogen-bond acceptors (Lipinski definition) is 5. The smallest absolute Gasteiger partial charge is 0.355 e. The molecule has 0 radical (unpaired) electrons. The van der Waals surface area contributed by atoms with E-state index in [1.807, 2.05) is 42.5 Å². The highest BCUT2D eigenvalue weighted by atomic mass is 35.5. The van der Waals surface area contributed by atoms with Gasteiger partial charge in [0.1, 0.15) is 23.2 Å². The van der Waals surface area contributed by atoms with E-state index < -0.39 is 5.97 Å². The van der Waals surface area contributed by atoms with Crippen molar-refractivity contribution in [2.24, 2.45) is 0 Å². The maximum atomic E-state index is 12.5. The van der Waals surface area contributed by atoms with Gasteiger partial charge in [-0.25, -0.2) is 9.78 Å². The number of aromatic nitrogens is 1. The van der Waals surface area contributed by atoms with Crippen LogP contribution in [0.15, 0.2) is 60.3 Å². The maximum absolute atomic E-state index is 12.5. The van der Waals surface area contributed by atoms with Crippen LogP contribution in [0.25, 0.3) is 17.0 Å². The van der Waals surface area contributed by atoms with Gasteiger partial charge in [0.15, 0.2) is 0 Å². The van der Waals surface area contributed by atoms with Crippen LogP contribution >= 0.6 is 11.6 Å². The quantitative estimate of drug-likeness (QED) is 0.376. The van der Waals surface area contributed by atoms with E-state index in [0.29, 0.717) is 16.8 Å². The second-order valence-corrected chi connectivity index (χ2v) is 6.58. The Bertz CT molecular complexity index is 1080. The van der Waals surface area contributed by atoms with E-state index in [0.717, 1.165) is 10.9 Å². The average Bonchev–Trinajstić information content (AvgIpc) is 2.71. The van der Waals surface area contributed by atoms with Crippen molar-refractivity contribution < 1.29 is 19.1 Å². The number of methoxy groups -OCH3 is 1. The summed E-state index contributed by atoms with van der Waals surface area (Å²) >= 11 is 6.25. The minimum atomic E-state index is -0.671. The number of carbonyl (C=O) groups is 2. The lowest BCUT2D eigenvalue weighted by molar-refractivity contribution is -0.141. The van der Waals surface area contributed by atoms with Crippen molar-refractivity contribution in [3.63, 3.8) is 0 Å². The summed E-state index contributed by atoms with van der Waals surface area (Å²) in [5, 5.41) is 3.57. The predicted octanol–water partition coefficient (Wildman–Crippen LogP) is 4.12. The number of pyridine rings is 1. The SMILES string of the molecule is COc1ccc2cc(COC(=O)/C(=C\c3ccccc3)NC(C)=O)c(Cl)nc2c1. The molecule has 0 unspecified atom stereocenters. The van der Waals surface area contributed by atoms with E-state index in [1.165, 1.54) is 6.92 Å². The molecule has 0 aliphatic rings. The van der Waals surface area contributed by atoms with Crippen molar-refractivity contribution in [1.29, 1.82) is 0 Å². The van der Waals surface area contributed by atoms with Crippen molar-refractivity contribution >= 4 is 40.5 Å². The Morgan fingerprint density at radius 2 is 1.90 bits per heavy atom. The number of amides is 1. The standard InChI is InChI=1S/C22H19ClN2O4/c1-14(26)24-20(10-15-6-4-3-5-7-15)22(27)29-13-17-11-16-8-9-18(28-2)12-19(16)25-21(17)23/h3-12H,13H2,1-2H3,(H,24,26)/b20-10+. The monoisotopic (exact) mass is 410 g/mol. The summed E-state index contributed by atoms with van der Waals surface area (Å²) in [6.45, 7) is 1.24. The molecular formula is C22H19ClN2O4. The molecule has 3 aromatic rings. The van der Waals surface area contributed by atoms with Crippen LogP contribution in [-0.2, 0) is 20.9 Å². The number of ether oxygens (including phenoxy) is 2. The van der Waals surface area contributed by atoms with Crippen molar-refractivity contribution in [3.05, 3.63) is 76.6 Å². The Kier molecular flexibility index (Phi) is 6.46. The minimum absolute atomic E-state index is 0.0401. The molecule has 0 spiro atoms. The fourth-order valence-electron chi connectivity index (χ4n) is 2.67. The highest BCUT2D eigenvalue weighted by Gasteiger charge is 2.15. The lowest BCUT2D eigenvalue weighted by Gasteiger charge is -2.11. The van der Waals surface area contributed by atoms with E-state index in [2.05, 4.69) is 10.3 Å². The first-order valence-corrected chi connectivity index (χ1v) is 9.18. The second-order valence-electron chi connectivity index (χ2n) is 6.22. The van der Waals surface area contributed by atoms with Gasteiger partial charge in [-0.15, -0.1) is 0 Å². The zero-order chi connectivity index (χ0) is 20.8. The molecule has 1 aromatic heterocycles. The van der Waals surface area contributed by atoms with Gasteiger partial charge in [-0.1, -0.05) is 41.9 Å². The lowest BCUT2D eigenvalue weighted by atomic mass is 10.1. The lowest BCUT2D eigenvalue weighted by Crippen LogP contribution is -2.26. The molecule has 0 saturated carbocycles. The van der Waals surface area contributed by atoms with Crippen LogP contribution in [0.3, 0.4) is 0 Å². The average molecular weight is 411 g/mol. The molecule has 0 bridgehead atoms. The van der Waals surface area contributed by atoms with Crippen molar-refractivity contribution in [2.45, 2.75) is 13.5 Å². The summed E-state index contributed by atoms with van der Waals surface area (Å²) in [5.74, 6) is -0.371. The number of benzene rings is 2. The van der Waals surface area contributed by atoms with Crippen LogP contribution in [-0.4, -0.2) is 24.0 Å². The van der Waals surface area contributed by atoms with Crippen molar-refractivity contribution in [1.82, 2.24) is 10.3 Å². The minimum Gasteiger partial charge on any atom is -0.497 e. The molecular weight excluding hydrogens is 392 g/mol. The molecule has 3 rings (SSSR count). The first-order valence-electron chi connectivity index (χ1n) is 8.81. The highest BCUT2D eigenvalue weighted by Crippen LogP contribution is 2.25. The second kappa shape index (κ2) is 9.21. The fourth-order valence-corrected chi connectivity index (χ4v) is 2.87. The molecule has 29 heavy (non-hydrogen) atoms. The molecule has 1 amide bonds. The Morgan fingerprint density at radius 3 is 2.59 bits per heavy atom. The predicted molar refractivity (Wildman–Crippen MR) is 111 cm³/mol. The van der Waals surface area contributed by atoms with Crippen LogP contribution < -0.4 is 10.1 Å². The van der Waals surface area contributed by atoms with Crippen LogP contribution in [0.5, 0.6) is 5.75 Å². The third kappa shape index (κ3) is 5.33. The topological polar surface area (TPSA) is 77.5 Å². The largest absolute Gasteiger partial charge is 0.497 e. The van der Waals surface area contributed by atoms with Gasteiger partial charge >= 0.3 is 5.97 Å². The third-order valence-electron chi connectivity index (χ3n) is 4.05. The molecule has 0 fully saturated rings. The Balaban J connectivity index is 1.79. The van der Waals surface area contributed by atoms with Gasteiger partial charge in [0.25, 0.3) is 0 Å². The summed E-state index contributed by atoms with van der Waals surface area (Å²) in [4.78, 5) is 28.3. The van der Waals surface area contributed by atoms with Gasteiger partial charge in [0.05, 0.1) is 12.6 Å². The first kappa shape index (κ1) is 20.4. The Hall–Kier alpha value is -3.38. The molecule has 0 saturated heterocycles. The fraction of sp³-hybridized carbons (Fsp3) is 0.136. The van der Waals surface area contributed by atoms with E-state index >= 15 is 0 Å². The summed E-state index contributed by atoms with van der Waals surface area (Å²) in [6, 6.07) is 16.4. The molecule has 148 valence electrons. The van der Waals surface area contributed by atoms with Crippen molar-refractivity contribution in [2.75, 3.05) is 7.11 Å². The normalized spacial score (nSPS) is 11.2. The number of nitrogens with one attached hydrogen (secondary N) is 1. The first-order chi connectivity index (χ1) is 14.0. The number of esters is 1. The van der Waals surface area contributed by atoms with Gasteiger partial charge in [-0.05, 0) is 29.8 Å². The van der Waals surface area contributed by atoms with Gasteiger partial charge in [0.2, 0.25) is 5.91 Å². The number of hydrogen-bond donors (Lipinski definition) is 1. The van der Waals surface area contributed by atoms with E-state index in [-0.39, 0.29) is 23.4 Å². The van der Waals surface area contributed by atoms with Crippen LogP contribution in [0, 0.1) is 0 Å². The zero-order valence-electron chi connectivity index (χ0n) is 15.9. The van der Waals surface area contributed by atoms with E-state index in [4.69, 9.17) is 21.1 Å². The molecule has 1 heterocycles. The molecule has 0 aliphatic heterocycles. The molecule has 6 nitrogen and oxygen atoms in total. The van der Waals surface area contributed by atoms with E-state index in [1.54, 1.807) is 25.3 Å². The van der Waals surface area contributed by atoms with Gasteiger partial charge in [-0.2, -0.15) is 0 Å². The number of halogens is 1. The van der Waals surface area contributed by atoms with Gasteiger partial charge < -0.3 is 14.8 Å². The van der Waals surface area contributed by atoms with Crippen molar-refractivity contribution in [3.8, 4) is 5.75 Å². The zero-order valence-corrected chi connectivity index (χ0v) is 16.7. The molecule has 7 heteroatoms. The summed E-state index contributed by atoms with van der Waals surface area (Å²) in [6.07, 6.45) is 1.55. The maximum Gasteiger partial charge on any atom is 0.355 e. The molecule has 2 aromatic carbocycles. The number of carbonyl (C=O) groups excluding carboxylic acids is 2. The summed E-state index contributed by atoms with van der Waals surface area (Å²) in [5.41, 5.74) is 2.03. The van der Waals surface area contributed by atoms with Gasteiger partial charge in [0, 0.05) is 23.9 Å². The molecule has 0 aliphatic carbocycles. The Labute approximate surface area is 173 Å². The van der Waals surface area contributed by atoms with E-state index in [9.17, 15) is 9.59 Å². The van der Waals surface area contributed by atoms with Crippen LogP contribution in [0.2, 0.25) is 5.15 Å². The Morgan fingerprint density at radius 1 is 1.14 bits per heavy atom. The third-order valence-corrected chi connectivity index (χ3v) is 4.38.